The molecule has 2 aromatic rings. The van der Waals surface area contributed by atoms with Crippen molar-refractivity contribution in [2.75, 3.05) is 0 Å². The molecule has 4 nitrogen and oxygen atoms in total. The fourth-order valence-corrected chi connectivity index (χ4v) is 1.86. The van der Waals surface area contributed by atoms with Crippen molar-refractivity contribution in [3.63, 3.8) is 0 Å². The molecular formula is C15H13ClN2O2. The maximum absolute atomic E-state index is 11.9. The number of phenols is 1. The maximum atomic E-state index is 11.9. The number of nitrogens with one attached hydrogen (secondary N) is 1. The molecule has 0 heterocycles. The van der Waals surface area contributed by atoms with Crippen molar-refractivity contribution in [2.45, 2.75) is 6.92 Å². The van der Waals surface area contributed by atoms with Crippen LogP contribution in [-0.2, 0) is 0 Å². The number of aryl methyl sites for hydroxylation is 1. The molecule has 0 bridgehead atoms. The van der Waals surface area contributed by atoms with Crippen LogP contribution < -0.4 is 5.43 Å². The number of benzene rings is 2. The first-order valence-corrected chi connectivity index (χ1v) is 6.33. The Kier molecular flexibility index (Phi) is 4.38. The molecule has 2 aromatic carbocycles. The highest BCUT2D eigenvalue weighted by Crippen LogP contribution is 2.19. The lowest BCUT2D eigenvalue weighted by molar-refractivity contribution is 0.0954. The van der Waals surface area contributed by atoms with Gasteiger partial charge in [-0.2, -0.15) is 5.10 Å². The zero-order valence-corrected chi connectivity index (χ0v) is 11.6. The Morgan fingerprint density at radius 3 is 2.80 bits per heavy atom. The van der Waals surface area contributed by atoms with Crippen molar-refractivity contribution >= 4 is 23.7 Å². The van der Waals surface area contributed by atoms with Crippen LogP contribution in [0.3, 0.4) is 0 Å². The van der Waals surface area contributed by atoms with E-state index in [9.17, 15) is 9.90 Å². The Bertz CT molecular complexity index is 669. The van der Waals surface area contributed by atoms with E-state index in [0.717, 1.165) is 5.56 Å². The molecule has 2 N–H and O–H groups in total. The molecule has 0 aliphatic heterocycles. The first kappa shape index (κ1) is 14.1. The topological polar surface area (TPSA) is 61.7 Å². The highest BCUT2D eigenvalue weighted by Gasteiger charge is 2.06. The minimum atomic E-state index is -0.305. The molecule has 5 heteroatoms. The van der Waals surface area contributed by atoms with E-state index in [-0.39, 0.29) is 11.7 Å². The molecule has 1 amide bonds. The van der Waals surface area contributed by atoms with Gasteiger partial charge in [-0.3, -0.25) is 4.79 Å². The predicted molar refractivity (Wildman–Crippen MR) is 79.4 cm³/mol. The Hall–Kier alpha value is -2.33. The first-order chi connectivity index (χ1) is 9.58. The van der Waals surface area contributed by atoms with Gasteiger partial charge in [0.2, 0.25) is 0 Å². The van der Waals surface area contributed by atoms with Gasteiger partial charge in [-0.1, -0.05) is 29.8 Å². The lowest BCUT2D eigenvalue weighted by Crippen LogP contribution is -2.18. The summed E-state index contributed by atoms with van der Waals surface area (Å²) in [4.78, 5) is 11.9. The smallest absolute Gasteiger partial charge is 0.271 e. The van der Waals surface area contributed by atoms with Crippen LogP contribution in [0.25, 0.3) is 0 Å². The molecule has 0 aliphatic rings. The van der Waals surface area contributed by atoms with Crippen molar-refractivity contribution in [1.82, 2.24) is 5.43 Å². The monoisotopic (exact) mass is 288 g/mol. The third-order valence-corrected chi connectivity index (χ3v) is 2.98. The fraction of sp³-hybridized carbons (Fsp3) is 0.0667. The number of hydrogen-bond donors (Lipinski definition) is 2. The zero-order valence-electron chi connectivity index (χ0n) is 10.8. The summed E-state index contributed by atoms with van der Waals surface area (Å²) in [6.07, 6.45) is 1.34. The molecule has 0 aliphatic carbocycles. The Balaban J connectivity index is 2.09. The minimum absolute atomic E-state index is 0.0447. The van der Waals surface area contributed by atoms with E-state index in [1.165, 1.54) is 12.3 Å². The number of aromatic hydroxyl groups is 1. The molecule has 0 unspecified atom stereocenters. The van der Waals surface area contributed by atoms with Gasteiger partial charge in [-0.15, -0.1) is 0 Å². The second-order valence-corrected chi connectivity index (χ2v) is 4.65. The summed E-state index contributed by atoms with van der Waals surface area (Å²) >= 11 is 5.81. The zero-order chi connectivity index (χ0) is 14.5. The van der Waals surface area contributed by atoms with Gasteiger partial charge in [-0.05, 0) is 36.8 Å². The van der Waals surface area contributed by atoms with Gasteiger partial charge >= 0.3 is 0 Å². The number of halogens is 1. The van der Waals surface area contributed by atoms with Gasteiger partial charge in [0.25, 0.3) is 5.91 Å². The minimum Gasteiger partial charge on any atom is -0.507 e. The Morgan fingerprint density at radius 2 is 2.05 bits per heavy atom. The van der Waals surface area contributed by atoms with Crippen LogP contribution >= 0.6 is 11.6 Å². The van der Waals surface area contributed by atoms with Gasteiger partial charge in [0, 0.05) is 16.1 Å². The Morgan fingerprint density at radius 1 is 1.30 bits per heavy atom. The van der Waals surface area contributed by atoms with Crippen molar-refractivity contribution in [1.29, 1.82) is 0 Å². The van der Waals surface area contributed by atoms with Crippen LogP contribution in [0.15, 0.2) is 47.6 Å². The molecule has 0 saturated heterocycles. The average molecular weight is 289 g/mol. The second-order valence-electron chi connectivity index (χ2n) is 4.22. The van der Waals surface area contributed by atoms with E-state index in [4.69, 9.17) is 11.6 Å². The maximum Gasteiger partial charge on any atom is 0.271 e. The molecule has 20 heavy (non-hydrogen) atoms. The summed E-state index contributed by atoms with van der Waals surface area (Å²) in [6.45, 7) is 1.85. The van der Waals surface area contributed by atoms with E-state index >= 15 is 0 Å². The van der Waals surface area contributed by atoms with Crippen LogP contribution in [0.4, 0.5) is 0 Å². The van der Waals surface area contributed by atoms with Crippen LogP contribution in [0, 0.1) is 6.92 Å². The summed E-state index contributed by atoms with van der Waals surface area (Å²) in [5.41, 5.74) is 4.27. The molecule has 0 aromatic heterocycles. The highest BCUT2D eigenvalue weighted by molar-refractivity contribution is 6.30. The number of carbonyl (C=O) groups is 1. The predicted octanol–water partition coefficient (Wildman–Crippen LogP) is 3.12. The van der Waals surface area contributed by atoms with Crippen molar-refractivity contribution in [3.8, 4) is 5.75 Å². The summed E-state index contributed by atoms with van der Waals surface area (Å²) in [5, 5.41) is 13.9. The molecule has 0 radical (unpaired) electrons. The number of nitrogens with zero attached hydrogens (tertiary/aromatic N) is 1. The van der Waals surface area contributed by atoms with Crippen molar-refractivity contribution in [3.05, 3.63) is 64.2 Å². The standard InChI is InChI=1S/C15H13ClN2O2/c1-10-4-2-3-5-13(10)15(20)18-17-9-11-8-12(16)6-7-14(11)19/h2-9,19H,1H3,(H,18,20). The Labute approximate surface area is 121 Å². The molecule has 0 saturated carbocycles. The number of carbonyl (C=O) groups excluding carboxylic acids is 1. The number of hydrazone groups is 1. The van der Waals surface area contributed by atoms with Crippen LogP contribution in [-0.4, -0.2) is 17.2 Å². The summed E-state index contributed by atoms with van der Waals surface area (Å²) in [6, 6.07) is 11.8. The summed E-state index contributed by atoms with van der Waals surface area (Å²) < 4.78 is 0. The third-order valence-electron chi connectivity index (χ3n) is 2.75. The van der Waals surface area contributed by atoms with Crippen molar-refractivity contribution in [2.24, 2.45) is 5.10 Å². The SMILES string of the molecule is Cc1ccccc1C(=O)NN=Cc1cc(Cl)ccc1O. The van der Waals surface area contributed by atoms with Crippen molar-refractivity contribution < 1.29 is 9.90 Å². The van der Waals surface area contributed by atoms with E-state index in [1.54, 1.807) is 24.3 Å². The van der Waals surface area contributed by atoms with E-state index in [2.05, 4.69) is 10.5 Å². The summed E-state index contributed by atoms with van der Waals surface area (Å²) in [5.74, 6) is -0.260. The molecule has 0 fully saturated rings. The van der Waals surface area contributed by atoms with E-state index in [1.807, 2.05) is 19.1 Å². The third kappa shape index (κ3) is 3.36. The van der Waals surface area contributed by atoms with Gasteiger partial charge in [0.15, 0.2) is 0 Å². The molecular weight excluding hydrogens is 276 g/mol. The molecule has 102 valence electrons. The van der Waals surface area contributed by atoms with Gasteiger partial charge in [-0.25, -0.2) is 5.43 Å². The van der Waals surface area contributed by atoms with Crippen LogP contribution in [0.1, 0.15) is 21.5 Å². The molecule has 0 atom stereocenters. The lowest BCUT2D eigenvalue weighted by atomic mass is 10.1. The number of rotatable bonds is 3. The van der Waals surface area contributed by atoms with Gasteiger partial charge in [0.05, 0.1) is 6.21 Å². The molecule has 0 spiro atoms. The fourth-order valence-electron chi connectivity index (χ4n) is 1.68. The second kappa shape index (κ2) is 6.21. The van der Waals surface area contributed by atoms with Gasteiger partial charge in [0.1, 0.15) is 5.75 Å². The normalized spacial score (nSPS) is 10.7. The van der Waals surface area contributed by atoms with Crippen LogP contribution in [0.5, 0.6) is 5.75 Å². The largest absolute Gasteiger partial charge is 0.507 e. The summed E-state index contributed by atoms with van der Waals surface area (Å²) in [7, 11) is 0. The number of amides is 1. The van der Waals surface area contributed by atoms with Crippen LogP contribution in [0.2, 0.25) is 5.02 Å². The lowest BCUT2D eigenvalue weighted by Gasteiger charge is -2.03. The average Bonchev–Trinajstić information content (AvgIpc) is 2.43. The van der Waals surface area contributed by atoms with E-state index < -0.39 is 0 Å². The van der Waals surface area contributed by atoms with E-state index in [0.29, 0.717) is 16.1 Å². The number of hydrogen-bond acceptors (Lipinski definition) is 3. The highest BCUT2D eigenvalue weighted by atomic mass is 35.5. The number of phenolic OH excluding ortho intramolecular Hbond substituents is 1. The quantitative estimate of drug-likeness (QED) is 0.673. The molecule has 2 rings (SSSR count). The first-order valence-electron chi connectivity index (χ1n) is 5.95. The van der Waals surface area contributed by atoms with Gasteiger partial charge < -0.3 is 5.11 Å².